The number of nitrogens with one attached hydrogen (secondary N) is 1. The van der Waals surface area contributed by atoms with Gasteiger partial charge in [-0.25, -0.2) is 4.98 Å². The van der Waals surface area contributed by atoms with Gasteiger partial charge >= 0.3 is 0 Å². The van der Waals surface area contributed by atoms with Crippen LogP contribution in [0, 0.1) is 5.92 Å². The predicted molar refractivity (Wildman–Crippen MR) is 77.0 cm³/mol. The normalized spacial score (nSPS) is 27.8. The van der Waals surface area contributed by atoms with E-state index in [1.54, 1.807) is 6.20 Å². The lowest BCUT2D eigenvalue weighted by molar-refractivity contribution is -0.138. The molecule has 2 aliphatic rings. The number of hydrogen-bond acceptors (Lipinski definition) is 3. The van der Waals surface area contributed by atoms with Crippen LogP contribution in [0.4, 0.5) is 0 Å². The van der Waals surface area contributed by atoms with Crippen molar-refractivity contribution in [1.29, 1.82) is 0 Å². The Morgan fingerprint density at radius 3 is 3.00 bits per heavy atom. The van der Waals surface area contributed by atoms with Crippen LogP contribution in [0.5, 0.6) is 0 Å². The molecule has 0 spiro atoms. The molecule has 0 aromatic carbocycles. The monoisotopic (exact) mass is 274 g/mol. The Balaban J connectivity index is 1.68. The molecule has 0 radical (unpaired) electrons. The highest BCUT2D eigenvalue weighted by Crippen LogP contribution is 2.25. The molecule has 2 atom stereocenters. The van der Waals surface area contributed by atoms with Crippen molar-refractivity contribution in [2.75, 3.05) is 26.7 Å². The molecule has 5 heteroatoms. The number of H-pyrrole nitrogens is 1. The molecule has 0 unspecified atom stereocenters. The quantitative estimate of drug-likeness (QED) is 0.833. The second kappa shape index (κ2) is 5.79. The first-order valence-electron chi connectivity index (χ1n) is 7.39. The molecule has 1 amide bonds. The van der Waals surface area contributed by atoms with Crippen LogP contribution in [0.1, 0.15) is 31.1 Å². The number of carbonyl (C=O) groups excluding carboxylic acids is 1. The molecule has 1 aromatic rings. The summed E-state index contributed by atoms with van der Waals surface area (Å²) in [6.07, 6.45) is 10.9. The highest BCUT2D eigenvalue weighted by atomic mass is 16.2. The summed E-state index contributed by atoms with van der Waals surface area (Å²) in [5, 5.41) is 0. The third-order valence-corrected chi connectivity index (χ3v) is 4.41. The van der Waals surface area contributed by atoms with E-state index in [0.717, 1.165) is 44.7 Å². The van der Waals surface area contributed by atoms with Gasteiger partial charge in [-0.2, -0.15) is 0 Å². The molecule has 20 heavy (non-hydrogen) atoms. The van der Waals surface area contributed by atoms with Crippen molar-refractivity contribution in [2.24, 2.45) is 5.92 Å². The van der Waals surface area contributed by atoms with Crippen LogP contribution in [0.2, 0.25) is 0 Å². The molecule has 1 saturated heterocycles. The zero-order valence-corrected chi connectivity index (χ0v) is 12.0. The van der Waals surface area contributed by atoms with E-state index in [9.17, 15) is 4.79 Å². The summed E-state index contributed by atoms with van der Waals surface area (Å²) in [7, 11) is 2.10. The molecule has 2 heterocycles. The number of likely N-dealkylation sites (N-methyl/N-ethyl adjacent to an activating group) is 1. The molecule has 108 valence electrons. The van der Waals surface area contributed by atoms with Gasteiger partial charge in [0.2, 0.25) is 5.91 Å². The molecule has 1 aliphatic carbocycles. The van der Waals surface area contributed by atoms with Gasteiger partial charge in [-0.15, -0.1) is 0 Å². The fraction of sp³-hybridized carbons (Fsp3) is 0.600. The number of aromatic nitrogens is 2. The standard InChI is InChI=1S/C15H22N4O/c1-18-9-10-19(11-13(18)14-16-7-8-17-14)15(20)12-5-3-2-4-6-12/h2-3,7-8,12-13H,4-6,9-11H2,1H3,(H,16,17)/t12-,13-/m1/s1. The molecule has 1 fully saturated rings. The van der Waals surface area contributed by atoms with Gasteiger partial charge in [0.1, 0.15) is 5.82 Å². The maximum atomic E-state index is 12.6. The number of carbonyl (C=O) groups is 1. The number of rotatable bonds is 2. The van der Waals surface area contributed by atoms with Crippen LogP contribution in [0.25, 0.3) is 0 Å². The van der Waals surface area contributed by atoms with Gasteiger partial charge in [0.05, 0.1) is 6.04 Å². The zero-order chi connectivity index (χ0) is 13.9. The number of amides is 1. The van der Waals surface area contributed by atoms with Crippen LogP contribution < -0.4 is 0 Å². The molecule has 5 nitrogen and oxygen atoms in total. The summed E-state index contributed by atoms with van der Waals surface area (Å²) in [4.78, 5) is 24.4. The second-order valence-corrected chi connectivity index (χ2v) is 5.74. The van der Waals surface area contributed by atoms with Crippen molar-refractivity contribution < 1.29 is 4.79 Å². The minimum atomic E-state index is 0.181. The van der Waals surface area contributed by atoms with Crippen molar-refractivity contribution in [1.82, 2.24) is 19.8 Å². The van der Waals surface area contributed by atoms with Gasteiger partial charge < -0.3 is 9.88 Å². The van der Waals surface area contributed by atoms with Crippen molar-refractivity contribution in [3.05, 3.63) is 30.4 Å². The second-order valence-electron chi connectivity index (χ2n) is 5.74. The largest absolute Gasteiger partial charge is 0.347 e. The Morgan fingerprint density at radius 2 is 2.30 bits per heavy atom. The van der Waals surface area contributed by atoms with Gasteiger partial charge in [-0.1, -0.05) is 12.2 Å². The molecule has 1 aromatic heterocycles. The van der Waals surface area contributed by atoms with Gasteiger partial charge in [0, 0.05) is 37.9 Å². The number of allylic oxidation sites excluding steroid dienone is 2. The van der Waals surface area contributed by atoms with Gasteiger partial charge in [-0.05, 0) is 26.3 Å². The third-order valence-electron chi connectivity index (χ3n) is 4.41. The fourth-order valence-electron chi connectivity index (χ4n) is 3.10. The number of aromatic amines is 1. The van der Waals surface area contributed by atoms with E-state index >= 15 is 0 Å². The van der Waals surface area contributed by atoms with E-state index in [2.05, 4.69) is 34.1 Å². The highest BCUT2D eigenvalue weighted by molar-refractivity contribution is 5.79. The Hall–Kier alpha value is -1.62. The summed E-state index contributed by atoms with van der Waals surface area (Å²) in [5.41, 5.74) is 0. The summed E-state index contributed by atoms with van der Waals surface area (Å²) < 4.78 is 0. The Kier molecular flexibility index (Phi) is 3.87. The van der Waals surface area contributed by atoms with Crippen molar-refractivity contribution >= 4 is 5.91 Å². The van der Waals surface area contributed by atoms with E-state index in [4.69, 9.17) is 0 Å². The first kappa shape index (κ1) is 13.4. The molecule has 1 N–H and O–H groups in total. The highest BCUT2D eigenvalue weighted by Gasteiger charge is 2.32. The van der Waals surface area contributed by atoms with Crippen molar-refractivity contribution in [2.45, 2.75) is 25.3 Å². The SMILES string of the molecule is CN1CCN(C(=O)[C@@H]2CC=CCC2)C[C@@H]1c1ncc[nH]1. The summed E-state index contributed by atoms with van der Waals surface area (Å²) >= 11 is 0. The number of piperazine rings is 1. The maximum Gasteiger partial charge on any atom is 0.226 e. The van der Waals surface area contributed by atoms with Crippen LogP contribution in [0.3, 0.4) is 0 Å². The first-order valence-corrected chi connectivity index (χ1v) is 7.39. The molecule has 0 saturated carbocycles. The lowest BCUT2D eigenvalue weighted by Gasteiger charge is -2.40. The van der Waals surface area contributed by atoms with Crippen molar-refractivity contribution in [3.8, 4) is 0 Å². The molecular weight excluding hydrogens is 252 g/mol. The topological polar surface area (TPSA) is 52.2 Å². The average Bonchev–Trinajstić information content (AvgIpc) is 3.02. The minimum Gasteiger partial charge on any atom is -0.347 e. The smallest absolute Gasteiger partial charge is 0.226 e. The minimum absolute atomic E-state index is 0.181. The Labute approximate surface area is 119 Å². The van der Waals surface area contributed by atoms with Crippen LogP contribution >= 0.6 is 0 Å². The predicted octanol–water partition coefficient (Wildman–Crippen LogP) is 1.58. The summed E-state index contributed by atoms with van der Waals surface area (Å²) in [6.45, 7) is 2.47. The third kappa shape index (κ3) is 2.63. The van der Waals surface area contributed by atoms with Gasteiger partial charge in [0.25, 0.3) is 0 Å². The molecule has 3 rings (SSSR count). The maximum absolute atomic E-state index is 12.6. The zero-order valence-electron chi connectivity index (χ0n) is 12.0. The average molecular weight is 274 g/mol. The van der Waals surface area contributed by atoms with Crippen LogP contribution in [-0.2, 0) is 4.79 Å². The van der Waals surface area contributed by atoms with E-state index in [-0.39, 0.29) is 12.0 Å². The number of hydrogen-bond donors (Lipinski definition) is 1. The molecular formula is C15H22N4O. The summed E-state index contributed by atoms with van der Waals surface area (Å²) in [5.74, 6) is 1.45. The molecule has 0 bridgehead atoms. The Morgan fingerprint density at radius 1 is 1.40 bits per heavy atom. The van der Waals surface area contributed by atoms with Gasteiger partial charge in [-0.3, -0.25) is 9.69 Å². The lowest BCUT2D eigenvalue weighted by atomic mass is 9.92. The van der Waals surface area contributed by atoms with Crippen molar-refractivity contribution in [3.63, 3.8) is 0 Å². The number of imidazole rings is 1. The molecule has 1 aliphatic heterocycles. The van der Waals surface area contributed by atoms with Crippen LogP contribution in [-0.4, -0.2) is 52.4 Å². The Bertz CT molecular complexity index is 482. The van der Waals surface area contributed by atoms with E-state index in [1.165, 1.54) is 0 Å². The lowest BCUT2D eigenvalue weighted by Crippen LogP contribution is -2.51. The summed E-state index contributed by atoms with van der Waals surface area (Å²) in [6, 6.07) is 0.182. The van der Waals surface area contributed by atoms with Crippen LogP contribution in [0.15, 0.2) is 24.5 Å². The van der Waals surface area contributed by atoms with E-state index in [1.807, 2.05) is 11.1 Å². The van der Waals surface area contributed by atoms with Gasteiger partial charge in [0.15, 0.2) is 0 Å². The van der Waals surface area contributed by atoms with E-state index < -0.39 is 0 Å². The fourth-order valence-corrected chi connectivity index (χ4v) is 3.10. The van der Waals surface area contributed by atoms with E-state index in [0.29, 0.717) is 5.91 Å². The number of nitrogens with zero attached hydrogens (tertiary/aromatic N) is 3. The first-order chi connectivity index (χ1) is 9.75.